The number of ether oxygens (including phenoxy) is 2. The summed E-state index contributed by atoms with van der Waals surface area (Å²) in [6.45, 7) is 10.9. The average molecular weight is 559 g/mol. The molecule has 0 aromatic carbocycles. The molecule has 5 rings (SSSR count). The van der Waals surface area contributed by atoms with Gasteiger partial charge in [-0.2, -0.15) is 10.2 Å². The summed E-state index contributed by atoms with van der Waals surface area (Å²) in [6.07, 6.45) is -0.379. The minimum absolute atomic E-state index is 0.0649. The number of nitrogens with one attached hydrogen (secondary N) is 1. The molecule has 208 valence electrons. The maximum Gasteiger partial charge on any atom is 0.411 e. The fraction of sp³-hybridized carbons (Fsp3) is 0.593. The second-order valence-corrected chi connectivity index (χ2v) is 12.1. The lowest BCUT2D eigenvalue weighted by Crippen LogP contribution is -2.78. The van der Waals surface area contributed by atoms with Crippen LogP contribution >= 0.6 is 11.6 Å². The van der Waals surface area contributed by atoms with Gasteiger partial charge in [0.2, 0.25) is 11.8 Å². The average Bonchev–Trinajstić information content (AvgIpc) is 3.15. The van der Waals surface area contributed by atoms with Crippen molar-refractivity contribution in [3.63, 3.8) is 0 Å². The van der Waals surface area contributed by atoms with Crippen molar-refractivity contribution in [3.05, 3.63) is 22.2 Å². The number of piperazine rings is 1. The molecule has 4 atom stereocenters. The molecule has 2 bridgehead atoms. The Morgan fingerprint density at radius 2 is 2.03 bits per heavy atom. The monoisotopic (exact) mass is 558 g/mol. The summed E-state index contributed by atoms with van der Waals surface area (Å²) in [5.41, 5.74) is -2.11. The van der Waals surface area contributed by atoms with Crippen LogP contribution in [0, 0.1) is 24.1 Å². The van der Waals surface area contributed by atoms with Gasteiger partial charge in [-0.3, -0.25) is 9.69 Å². The van der Waals surface area contributed by atoms with Gasteiger partial charge in [0.25, 0.3) is 0 Å². The van der Waals surface area contributed by atoms with Crippen LogP contribution in [0.1, 0.15) is 58.7 Å². The van der Waals surface area contributed by atoms with E-state index in [1.54, 1.807) is 32.6 Å². The van der Waals surface area contributed by atoms with E-state index in [4.69, 9.17) is 26.1 Å². The Balaban J connectivity index is 1.80. The van der Waals surface area contributed by atoms with Crippen molar-refractivity contribution in [2.24, 2.45) is 0 Å². The van der Waals surface area contributed by atoms with Crippen molar-refractivity contribution in [2.75, 3.05) is 18.5 Å². The number of rotatable bonds is 2. The van der Waals surface area contributed by atoms with Crippen molar-refractivity contribution in [1.82, 2.24) is 20.2 Å². The number of nitrogens with zero attached hydrogens (tertiary/aromatic N) is 5. The molecule has 2 aromatic heterocycles. The van der Waals surface area contributed by atoms with E-state index >= 15 is 4.39 Å². The van der Waals surface area contributed by atoms with Crippen molar-refractivity contribution in [1.29, 1.82) is 5.26 Å². The SMILES string of the molecule is CNC(=O)[C@]12CC[C@H](N1C(=O)OC(C)(C)C)[C@@]1(C)C(C)Oc3nc(Cl)c(F)c4c(CC#N)c(C)nc(c34)N1C2. The summed E-state index contributed by atoms with van der Waals surface area (Å²) in [5.74, 6) is -0.623. The van der Waals surface area contributed by atoms with Gasteiger partial charge >= 0.3 is 6.09 Å². The molecule has 39 heavy (non-hydrogen) atoms. The summed E-state index contributed by atoms with van der Waals surface area (Å²) in [6, 6.07) is 1.57. The van der Waals surface area contributed by atoms with E-state index in [-0.39, 0.29) is 35.3 Å². The van der Waals surface area contributed by atoms with Gasteiger partial charge in [-0.25, -0.2) is 14.2 Å². The summed E-state index contributed by atoms with van der Waals surface area (Å²) in [5, 5.41) is 12.3. The molecule has 2 aromatic rings. The van der Waals surface area contributed by atoms with Gasteiger partial charge in [0, 0.05) is 18.1 Å². The molecule has 0 spiro atoms. The summed E-state index contributed by atoms with van der Waals surface area (Å²) >= 11 is 6.23. The summed E-state index contributed by atoms with van der Waals surface area (Å²) in [4.78, 5) is 39.9. The predicted molar refractivity (Wildman–Crippen MR) is 142 cm³/mol. The molecule has 3 aliphatic heterocycles. The Bertz CT molecular complexity index is 1450. The topological polar surface area (TPSA) is 121 Å². The number of aryl methyl sites for hydroxylation is 1. The second kappa shape index (κ2) is 8.81. The Hall–Kier alpha value is -3.39. The first-order valence-corrected chi connectivity index (χ1v) is 13.3. The highest BCUT2D eigenvalue weighted by Crippen LogP contribution is 2.54. The zero-order valence-electron chi connectivity index (χ0n) is 23.1. The number of carbonyl (C=O) groups is 2. The highest BCUT2D eigenvalue weighted by atomic mass is 35.5. The fourth-order valence-corrected chi connectivity index (χ4v) is 6.68. The quantitative estimate of drug-likeness (QED) is 0.548. The minimum Gasteiger partial charge on any atom is -0.471 e. The molecule has 0 radical (unpaired) electrons. The van der Waals surface area contributed by atoms with Crippen LogP contribution in [0.15, 0.2) is 0 Å². The highest BCUT2D eigenvalue weighted by molar-refractivity contribution is 6.30. The van der Waals surface area contributed by atoms with Crippen LogP contribution < -0.4 is 15.0 Å². The van der Waals surface area contributed by atoms with E-state index in [0.717, 1.165) is 0 Å². The van der Waals surface area contributed by atoms with Gasteiger partial charge in [-0.15, -0.1) is 0 Å². The van der Waals surface area contributed by atoms with Crippen LogP contribution in [-0.4, -0.2) is 69.3 Å². The number of aromatic nitrogens is 2. The largest absolute Gasteiger partial charge is 0.471 e. The van der Waals surface area contributed by atoms with E-state index < -0.39 is 40.7 Å². The number of nitriles is 1. The molecule has 1 N–H and O–H groups in total. The van der Waals surface area contributed by atoms with Crippen LogP contribution in [0.5, 0.6) is 5.88 Å². The van der Waals surface area contributed by atoms with E-state index in [0.29, 0.717) is 35.3 Å². The van der Waals surface area contributed by atoms with Crippen molar-refractivity contribution in [3.8, 4) is 11.9 Å². The Kier molecular flexibility index (Phi) is 6.14. The number of halogens is 2. The molecule has 1 unspecified atom stereocenters. The molecule has 5 heterocycles. The third kappa shape index (κ3) is 3.71. The third-order valence-corrected chi connectivity index (χ3v) is 8.69. The molecular weight excluding hydrogens is 527 g/mol. The maximum atomic E-state index is 15.6. The first kappa shape index (κ1) is 27.2. The molecule has 3 aliphatic rings. The zero-order chi connectivity index (χ0) is 28.7. The van der Waals surface area contributed by atoms with Crippen LogP contribution in [0.2, 0.25) is 5.15 Å². The zero-order valence-corrected chi connectivity index (χ0v) is 23.9. The van der Waals surface area contributed by atoms with Crippen LogP contribution in [0.25, 0.3) is 10.8 Å². The number of pyridine rings is 2. The summed E-state index contributed by atoms with van der Waals surface area (Å²) in [7, 11) is 1.54. The second-order valence-electron chi connectivity index (χ2n) is 11.7. The number of fused-ring (bicyclic) bond motifs is 5. The molecule has 0 saturated carbocycles. The van der Waals surface area contributed by atoms with Gasteiger partial charge in [0.15, 0.2) is 11.0 Å². The Morgan fingerprint density at radius 1 is 1.33 bits per heavy atom. The number of hydrogen-bond acceptors (Lipinski definition) is 8. The first-order valence-electron chi connectivity index (χ1n) is 12.9. The van der Waals surface area contributed by atoms with Gasteiger partial charge < -0.3 is 19.7 Å². The van der Waals surface area contributed by atoms with Crippen molar-refractivity contribution < 1.29 is 23.5 Å². The van der Waals surface area contributed by atoms with Gasteiger partial charge in [-0.05, 0) is 59.9 Å². The maximum absolute atomic E-state index is 15.6. The molecule has 12 heteroatoms. The standard InChI is InChI=1S/C27H32ClFN6O4/c1-13-15(9-11-30)17-18-21(32-13)34-12-27(23(36)31-7)10-8-16(35(27)24(37)39-25(3,4)5)26(34,6)14(2)38-22(18)33-20(28)19(17)29/h14,16H,8-10,12H2,1-7H3,(H,31,36)/t14?,16-,26+,27+/m0/s1. The molecule has 0 aliphatic carbocycles. The van der Waals surface area contributed by atoms with Gasteiger partial charge in [0.05, 0.1) is 36.0 Å². The lowest BCUT2D eigenvalue weighted by Gasteiger charge is -2.58. The van der Waals surface area contributed by atoms with E-state index in [2.05, 4.69) is 16.4 Å². The Labute approximate surface area is 231 Å². The minimum atomic E-state index is -1.27. The van der Waals surface area contributed by atoms with Crippen LogP contribution in [0.4, 0.5) is 15.0 Å². The number of likely N-dealkylation sites (N-methyl/N-ethyl adjacent to an activating group) is 1. The molecule has 2 fully saturated rings. The number of anilines is 1. The molecule has 2 saturated heterocycles. The number of carbonyl (C=O) groups excluding carboxylic acids is 2. The van der Waals surface area contributed by atoms with Crippen LogP contribution in [-0.2, 0) is 16.0 Å². The molecular formula is C27H32ClFN6O4. The predicted octanol–water partition coefficient (Wildman–Crippen LogP) is 4.04. The van der Waals surface area contributed by atoms with Gasteiger partial charge in [-0.1, -0.05) is 11.6 Å². The van der Waals surface area contributed by atoms with Crippen molar-refractivity contribution in [2.45, 2.75) is 89.6 Å². The fourth-order valence-electron chi connectivity index (χ4n) is 6.51. The highest BCUT2D eigenvalue weighted by Gasteiger charge is 2.68. The lowest BCUT2D eigenvalue weighted by atomic mass is 9.80. The lowest BCUT2D eigenvalue weighted by molar-refractivity contribution is -0.135. The third-order valence-electron chi connectivity index (χ3n) is 8.44. The van der Waals surface area contributed by atoms with E-state index in [9.17, 15) is 14.9 Å². The normalized spacial score (nSPS) is 27.4. The molecule has 10 nitrogen and oxygen atoms in total. The van der Waals surface area contributed by atoms with Crippen LogP contribution in [0.3, 0.4) is 0 Å². The van der Waals surface area contributed by atoms with Crippen molar-refractivity contribution >= 4 is 40.2 Å². The van der Waals surface area contributed by atoms with Gasteiger partial charge in [0.1, 0.15) is 23.1 Å². The number of amides is 2. The first-order chi connectivity index (χ1) is 18.2. The van der Waals surface area contributed by atoms with E-state index in [1.165, 1.54) is 7.05 Å². The smallest absolute Gasteiger partial charge is 0.411 e. The summed E-state index contributed by atoms with van der Waals surface area (Å²) < 4.78 is 27.8. The van der Waals surface area contributed by atoms with E-state index in [1.807, 2.05) is 18.7 Å². The number of hydrogen-bond donors (Lipinski definition) is 1. The molecule has 2 amide bonds. The Morgan fingerprint density at radius 3 is 2.64 bits per heavy atom.